The zero-order valence-electron chi connectivity index (χ0n) is 7.13. The highest BCUT2D eigenvalue weighted by Gasteiger charge is 1.89. The molecule has 3 nitrogen and oxygen atoms in total. The summed E-state index contributed by atoms with van der Waals surface area (Å²) in [5.41, 5.74) is 5.45. The van der Waals surface area contributed by atoms with Gasteiger partial charge < -0.3 is 5.73 Å². The lowest BCUT2D eigenvalue weighted by Gasteiger charge is -1.90. The van der Waals surface area contributed by atoms with Gasteiger partial charge in [0, 0.05) is 18.5 Å². The molecular formula is C9H10ClN3. The molecule has 0 aliphatic rings. The van der Waals surface area contributed by atoms with Crippen LogP contribution in [-0.4, -0.2) is 15.8 Å². The van der Waals surface area contributed by atoms with E-state index >= 15 is 0 Å². The molecule has 1 rings (SSSR count). The monoisotopic (exact) mass is 195 g/mol. The van der Waals surface area contributed by atoms with Crippen molar-refractivity contribution in [1.82, 2.24) is 9.97 Å². The normalized spacial score (nSPS) is 9.00. The Kier molecular flexibility index (Phi) is 4.07. The van der Waals surface area contributed by atoms with Crippen molar-refractivity contribution >= 4 is 17.4 Å². The summed E-state index contributed by atoms with van der Waals surface area (Å²) in [6.45, 7) is 0. The van der Waals surface area contributed by atoms with Crippen molar-refractivity contribution in [2.75, 3.05) is 11.6 Å². The summed E-state index contributed by atoms with van der Waals surface area (Å²) in [4.78, 5) is 7.87. The van der Waals surface area contributed by atoms with Crippen molar-refractivity contribution in [2.45, 2.75) is 12.8 Å². The first-order valence-corrected chi connectivity index (χ1v) is 4.50. The zero-order chi connectivity index (χ0) is 9.52. The van der Waals surface area contributed by atoms with Gasteiger partial charge >= 0.3 is 0 Å². The van der Waals surface area contributed by atoms with Crippen LogP contribution in [0.4, 0.5) is 5.82 Å². The van der Waals surface area contributed by atoms with Gasteiger partial charge in [-0.15, -0.1) is 11.6 Å². The average molecular weight is 196 g/mol. The molecule has 0 amide bonds. The number of alkyl halides is 1. The molecule has 0 radical (unpaired) electrons. The first-order valence-electron chi connectivity index (χ1n) is 3.96. The van der Waals surface area contributed by atoms with E-state index in [4.69, 9.17) is 17.3 Å². The number of hydrogen-bond acceptors (Lipinski definition) is 3. The molecule has 0 aliphatic heterocycles. The molecule has 68 valence electrons. The van der Waals surface area contributed by atoms with Crippen LogP contribution in [0.3, 0.4) is 0 Å². The highest BCUT2D eigenvalue weighted by molar-refractivity contribution is 6.17. The lowest BCUT2D eigenvalue weighted by Crippen LogP contribution is -1.94. The van der Waals surface area contributed by atoms with Crippen LogP contribution in [0.5, 0.6) is 0 Å². The maximum atomic E-state index is 5.49. The fourth-order valence-corrected chi connectivity index (χ4v) is 0.863. The number of nitrogens with zero attached hydrogens (tertiary/aromatic N) is 2. The molecular weight excluding hydrogens is 186 g/mol. The largest absolute Gasteiger partial charge is 0.384 e. The molecule has 4 heteroatoms. The molecule has 0 aromatic carbocycles. The molecule has 0 saturated heterocycles. The van der Waals surface area contributed by atoms with Gasteiger partial charge in [0.2, 0.25) is 5.82 Å². The van der Waals surface area contributed by atoms with Crippen LogP contribution in [0.25, 0.3) is 0 Å². The van der Waals surface area contributed by atoms with E-state index in [1.165, 1.54) is 0 Å². The molecule has 1 aromatic heterocycles. The van der Waals surface area contributed by atoms with Crippen LogP contribution in [0.15, 0.2) is 12.3 Å². The predicted octanol–water partition coefficient (Wildman–Crippen LogP) is 1.43. The molecule has 0 aliphatic carbocycles. The van der Waals surface area contributed by atoms with E-state index in [1.807, 2.05) is 0 Å². The van der Waals surface area contributed by atoms with Crippen molar-refractivity contribution in [1.29, 1.82) is 0 Å². The van der Waals surface area contributed by atoms with E-state index in [0.29, 0.717) is 17.5 Å². The van der Waals surface area contributed by atoms with Crippen molar-refractivity contribution in [3.63, 3.8) is 0 Å². The second-order valence-electron chi connectivity index (χ2n) is 2.40. The van der Waals surface area contributed by atoms with Crippen molar-refractivity contribution in [3.05, 3.63) is 18.1 Å². The number of aromatic nitrogens is 2. The summed E-state index contributed by atoms with van der Waals surface area (Å²) in [5.74, 6) is 7.26. The maximum absolute atomic E-state index is 5.49. The topological polar surface area (TPSA) is 51.8 Å². The van der Waals surface area contributed by atoms with Gasteiger partial charge in [0.1, 0.15) is 5.82 Å². The second kappa shape index (κ2) is 5.39. The van der Waals surface area contributed by atoms with Crippen molar-refractivity contribution < 1.29 is 0 Å². The zero-order valence-corrected chi connectivity index (χ0v) is 7.88. The number of anilines is 1. The first-order chi connectivity index (χ1) is 6.33. The summed E-state index contributed by atoms with van der Waals surface area (Å²) in [7, 11) is 0. The lowest BCUT2D eigenvalue weighted by molar-refractivity contribution is 0.990. The SMILES string of the molecule is Nc1ccnc(C#CCCCCl)n1. The van der Waals surface area contributed by atoms with Gasteiger partial charge in [-0.2, -0.15) is 0 Å². The number of hydrogen-bond donors (Lipinski definition) is 1. The minimum Gasteiger partial charge on any atom is -0.384 e. The molecule has 0 bridgehead atoms. The standard InChI is InChI=1S/C9H10ClN3/c10-6-3-1-2-4-9-12-7-5-8(11)13-9/h5,7H,1,3,6H2,(H2,11,12,13). The predicted molar refractivity (Wildman–Crippen MR) is 53.3 cm³/mol. The molecule has 0 unspecified atom stereocenters. The molecule has 1 aromatic rings. The molecule has 13 heavy (non-hydrogen) atoms. The van der Waals surface area contributed by atoms with Gasteiger partial charge in [0.15, 0.2) is 0 Å². The van der Waals surface area contributed by atoms with Crippen LogP contribution in [0.1, 0.15) is 18.7 Å². The second-order valence-corrected chi connectivity index (χ2v) is 2.78. The third kappa shape index (κ3) is 3.77. The summed E-state index contributed by atoms with van der Waals surface area (Å²) in [6, 6.07) is 1.63. The van der Waals surface area contributed by atoms with Gasteiger partial charge in [0.05, 0.1) is 0 Å². The number of halogens is 1. The number of unbranched alkanes of at least 4 members (excludes halogenated alkanes) is 1. The van der Waals surface area contributed by atoms with Crippen LogP contribution in [-0.2, 0) is 0 Å². The Morgan fingerprint density at radius 3 is 3.08 bits per heavy atom. The van der Waals surface area contributed by atoms with Crippen molar-refractivity contribution in [3.8, 4) is 11.8 Å². The van der Waals surface area contributed by atoms with Gasteiger partial charge in [-0.1, -0.05) is 5.92 Å². The highest BCUT2D eigenvalue weighted by atomic mass is 35.5. The minimum absolute atomic E-state index is 0.441. The van der Waals surface area contributed by atoms with E-state index in [1.54, 1.807) is 12.3 Å². The summed E-state index contributed by atoms with van der Waals surface area (Å²) in [6.07, 6.45) is 3.24. The molecule has 0 saturated carbocycles. The minimum atomic E-state index is 0.441. The Hall–Kier alpha value is -1.27. The molecule has 2 N–H and O–H groups in total. The number of rotatable bonds is 2. The maximum Gasteiger partial charge on any atom is 0.206 e. The molecule has 0 fully saturated rings. The summed E-state index contributed by atoms with van der Waals surface area (Å²) in [5, 5.41) is 0. The average Bonchev–Trinajstić information content (AvgIpc) is 2.13. The number of nitrogens with two attached hydrogens (primary N) is 1. The first kappa shape index (κ1) is 9.82. The quantitative estimate of drug-likeness (QED) is 0.441. The number of nitrogen functional groups attached to an aromatic ring is 1. The highest BCUT2D eigenvalue weighted by Crippen LogP contribution is 1.95. The van der Waals surface area contributed by atoms with Crippen molar-refractivity contribution in [2.24, 2.45) is 0 Å². The van der Waals surface area contributed by atoms with Crippen LogP contribution in [0, 0.1) is 11.8 Å². The Labute approximate surface area is 82.3 Å². The third-order valence-electron chi connectivity index (χ3n) is 1.31. The molecule has 0 atom stereocenters. The molecule has 1 heterocycles. The third-order valence-corrected chi connectivity index (χ3v) is 1.58. The van der Waals surface area contributed by atoms with Gasteiger partial charge in [-0.3, -0.25) is 0 Å². The van der Waals surface area contributed by atoms with Crippen LogP contribution >= 0.6 is 11.6 Å². The van der Waals surface area contributed by atoms with E-state index < -0.39 is 0 Å². The Morgan fingerprint density at radius 2 is 2.38 bits per heavy atom. The Morgan fingerprint density at radius 1 is 1.54 bits per heavy atom. The van der Waals surface area contributed by atoms with Gasteiger partial charge in [-0.05, 0) is 18.4 Å². The van der Waals surface area contributed by atoms with Gasteiger partial charge in [-0.25, -0.2) is 9.97 Å². The Bertz CT molecular complexity index is 327. The smallest absolute Gasteiger partial charge is 0.206 e. The fourth-order valence-electron chi connectivity index (χ4n) is 0.730. The van der Waals surface area contributed by atoms with E-state index in [-0.39, 0.29) is 0 Å². The summed E-state index contributed by atoms with van der Waals surface area (Å²) < 4.78 is 0. The van der Waals surface area contributed by atoms with E-state index in [2.05, 4.69) is 21.8 Å². The van der Waals surface area contributed by atoms with E-state index in [0.717, 1.165) is 12.8 Å². The Balaban J connectivity index is 2.56. The van der Waals surface area contributed by atoms with E-state index in [9.17, 15) is 0 Å². The van der Waals surface area contributed by atoms with Crippen LogP contribution < -0.4 is 5.73 Å². The lowest BCUT2D eigenvalue weighted by atomic mass is 10.3. The van der Waals surface area contributed by atoms with Crippen LogP contribution in [0.2, 0.25) is 0 Å². The summed E-state index contributed by atoms with van der Waals surface area (Å²) >= 11 is 5.49. The fraction of sp³-hybridized carbons (Fsp3) is 0.333. The van der Waals surface area contributed by atoms with Gasteiger partial charge in [0.25, 0.3) is 0 Å². The molecule has 0 spiro atoms.